The average molecular weight is 152 g/mol. The molecule has 0 atom stereocenters. The Labute approximate surface area is 38.5 Å². The molecule has 0 radical (unpaired) electrons. The van der Waals surface area contributed by atoms with Gasteiger partial charge in [-0.1, -0.05) is 0 Å². The minimum absolute atomic E-state index is 0.735. The van der Waals surface area contributed by atoms with Crippen LogP contribution in [0.1, 0.15) is 0 Å². The topological polar surface area (TPSA) is 26.0 Å². The Kier molecular flexibility index (Phi) is 4.35. The molecule has 0 saturated heterocycles. The standard InChI is InChI=1S/C2H6N.Ag/c1-2-3;/h1-3H2;. The molecule has 0 rings (SSSR count). The summed E-state index contributed by atoms with van der Waals surface area (Å²) in [7, 11) is 0. The molecule has 2 heteroatoms. The molecule has 0 aromatic rings. The van der Waals surface area contributed by atoms with Gasteiger partial charge in [-0.15, -0.1) is 0 Å². The first-order valence-electron chi connectivity index (χ1n) is 1.12. The Hall–Kier alpha value is 0.700. The van der Waals surface area contributed by atoms with E-state index >= 15 is 0 Å². The molecule has 0 unspecified atom stereocenters. The molecule has 0 spiro atoms. The van der Waals surface area contributed by atoms with Crippen LogP contribution in [0.2, 0.25) is 4.64 Å². The summed E-state index contributed by atoms with van der Waals surface area (Å²) in [6, 6.07) is 0. The van der Waals surface area contributed by atoms with Crippen LogP contribution in [0.3, 0.4) is 0 Å². The van der Waals surface area contributed by atoms with Gasteiger partial charge >= 0.3 is 38.0 Å². The second-order valence-electron chi connectivity index (χ2n) is 0.439. The van der Waals surface area contributed by atoms with Crippen molar-refractivity contribution in [2.24, 2.45) is 5.73 Å². The van der Waals surface area contributed by atoms with E-state index in [1.165, 1.54) is 0 Å². The molecule has 4 heavy (non-hydrogen) atoms. The van der Waals surface area contributed by atoms with Gasteiger partial charge in [-0.2, -0.15) is 0 Å². The molecule has 0 amide bonds. The molecule has 0 bridgehead atoms. The first-order valence-corrected chi connectivity index (χ1v) is 2.17. The molecule has 0 heterocycles. The predicted octanol–water partition coefficient (Wildman–Crippen LogP) is -0.0898. The van der Waals surface area contributed by atoms with Crippen molar-refractivity contribution in [3.05, 3.63) is 0 Å². The van der Waals surface area contributed by atoms with Gasteiger partial charge in [-0.05, 0) is 0 Å². The third-order valence-corrected chi connectivity index (χ3v) is 0.515. The fraction of sp³-hybridized carbons (Fsp3) is 1.00. The van der Waals surface area contributed by atoms with Crippen molar-refractivity contribution in [2.45, 2.75) is 4.64 Å². The SMILES string of the molecule is NC[CH2][Ag]. The zero-order chi connectivity index (χ0) is 3.41. The first-order chi connectivity index (χ1) is 1.91. The fourth-order valence-corrected chi connectivity index (χ4v) is 0. The quantitative estimate of drug-likeness (QED) is 0.522. The summed E-state index contributed by atoms with van der Waals surface area (Å²) < 4.78 is 0.907. The molecule has 0 saturated carbocycles. The number of hydrogen-bond acceptors (Lipinski definition) is 1. The maximum atomic E-state index is 4.98. The normalized spacial score (nSPS) is 7.75. The van der Waals surface area contributed by atoms with E-state index in [1.807, 2.05) is 0 Å². The maximum absolute atomic E-state index is 4.98. The molecule has 0 aliphatic heterocycles. The van der Waals surface area contributed by atoms with Crippen molar-refractivity contribution in [1.82, 2.24) is 0 Å². The van der Waals surface area contributed by atoms with Crippen molar-refractivity contribution in [3.63, 3.8) is 0 Å². The Morgan fingerprint density at radius 1 is 1.75 bits per heavy atom. The van der Waals surface area contributed by atoms with E-state index in [0.29, 0.717) is 0 Å². The zero-order valence-corrected chi connectivity index (χ0v) is 3.78. The van der Waals surface area contributed by atoms with E-state index in [4.69, 9.17) is 5.73 Å². The molecular formula is C2H6AgN. The zero-order valence-electron chi connectivity index (χ0n) is 2.29. The summed E-state index contributed by atoms with van der Waals surface area (Å²) in [6.07, 6.45) is 0. The van der Waals surface area contributed by atoms with Gasteiger partial charge in [0.05, 0.1) is 0 Å². The molecule has 0 aromatic heterocycles. The predicted molar refractivity (Wildman–Crippen MR) is 13.9 cm³/mol. The van der Waals surface area contributed by atoms with Crippen LogP contribution < -0.4 is 5.73 Å². The van der Waals surface area contributed by atoms with E-state index in [2.05, 4.69) is 21.1 Å². The second-order valence-corrected chi connectivity index (χ2v) is 1.18. The summed E-state index contributed by atoms with van der Waals surface area (Å²) in [5.41, 5.74) is 4.98. The molecule has 0 aliphatic rings. The molecule has 0 aliphatic carbocycles. The summed E-state index contributed by atoms with van der Waals surface area (Å²) in [6.45, 7) is 0.735. The Morgan fingerprint density at radius 3 is 2.00 bits per heavy atom. The van der Waals surface area contributed by atoms with Gasteiger partial charge in [-0.25, -0.2) is 0 Å². The molecule has 1 nitrogen and oxygen atoms in total. The minimum atomic E-state index is 0.735. The van der Waals surface area contributed by atoms with E-state index < -0.39 is 0 Å². The van der Waals surface area contributed by atoms with E-state index in [1.54, 1.807) is 0 Å². The van der Waals surface area contributed by atoms with Crippen LogP contribution in [0.5, 0.6) is 0 Å². The van der Waals surface area contributed by atoms with Crippen molar-refractivity contribution >= 4 is 0 Å². The van der Waals surface area contributed by atoms with Crippen LogP contribution >= 0.6 is 0 Å². The van der Waals surface area contributed by atoms with Crippen LogP contribution in [0.25, 0.3) is 0 Å². The van der Waals surface area contributed by atoms with Gasteiger partial charge in [0.2, 0.25) is 0 Å². The average Bonchev–Trinajstić information content (AvgIpc) is 1.37. The van der Waals surface area contributed by atoms with Crippen LogP contribution in [-0.4, -0.2) is 6.54 Å². The van der Waals surface area contributed by atoms with Crippen LogP contribution in [0.4, 0.5) is 0 Å². The Morgan fingerprint density at radius 2 is 2.00 bits per heavy atom. The van der Waals surface area contributed by atoms with Crippen molar-refractivity contribution < 1.29 is 21.1 Å². The number of nitrogens with two attached hydrogens (primary N) is 1. The number of rotatable bonds is 1. The molecule has 2 N–H and O–H groups in total. The Bertz CT molecular complexity index is 8.00. The summed E-state index contributed by atoms with van der Waals surface area (Å²) in [5, 5.41) is 0. The first kappa shape index (κ1) is 4.70. The molecular weight excluding hydrogens is 146 g/mol. The molecule has 0 aromatic carbocycles. The van der Waals surface area contributed by atoms with Crippen molar-refractivity contribution in [1.29, 1.82) is 0 Å². The third kappa shape index (κ3) is 2.70. The van der Waals surface area contributed by atoms with Crippen molar-refractivity contribution in [3.8, 4) is 0 Å². The van der Waals surface area contributed by atoms with Crippen LogP contribution in [0, 0.1) is 0 Å². The van der Waals surface area contributed by atoms with Gasteiger partial charge in [0.25, 0.3) is 0 Å². The van der Waals surface area contributed by atoms with Gasteiger partial charge in [0.1, 0.15) is 0 Å². The third-order valence-electron chi connectivity index (χ3n) is 0.0870. The van der Waals surface area contributed by atoms with E-state index in [-0.39, 0.29) is 0 Å². The van der Waals surface area contributed by atoms with Crippen molar-refractivity contribution in [2.75, 3.05) is 6.54 Å². The van der Waals surface area contributed by atoms with E-state index in [0.717, 1.165) is 11.2 Å². The second kappa shape index (κ2) is 3.70. The summed E-state index contributed by atoms with van der Waals surface area (Å²) >= 11 is 3.14. The molecule has 30 valence electrons. The summed E-state index contributed by atoms with van der Waals surface area (Å²) in [5.74, 6) is 0. The number of hydrogen-bond donors (Lipinski definition) is 1. The molecule has 0 fully saturated rings. The van der Waals surface area contributed by atoms with Gasteiger partial charge in [0.15, 0.2) is 0 Å². The summed E-state index contributed by atoms with van der Waals surface area (Å²) in [4.78, 5) is 0. The van der Waals surface area contributed by atoms with E-state index in [9.17, 15) is 0 Å². The van der Waals surface area contributed by atoms with Crippen LogP contribution in [0.15, 0.2) is 0 Å². The fourth-order valence-electron chi connectivity index (χ4n) is 0. The monoisotopic (exact) mass is 151 g/mol. The van der Waals surface area contributed by atoms with Gasteiger partial charge < -0.3 is 0 Å². The van der Waals surface area contributed by atoms with Gasteiger partial charge in [0, 0.05) is 0 Å². The Balaban J connectivity index is 1.97. The van der Waals surface area contributed by atoms with Crippen LogP contribution in [-0.2, 0) is 21.1 Å². The van der Waals surface area contributed by atoms with Gasteiger partial charge in [-0.3, -0.25) is 0 Å².